The van der Waals surface area contributed by atoms with Gasteiger partial charge in [0.1, 0.15) is 6.54 Å². The number of nitrogens with zero attached hydrogens (tertiary/aromatic N) is 3. The Morgan fingerprint density at radius 3 is 2.62 bits per heavy atom. The lowest BCUT2D eigenvalue weighted by atomic mass is 10.1. The number of aromatic nitrogens is 3. The molecule has 3 aromatic rings. The molecule has 0 aliphatic rings. The van der Waals surface area contributed by atoms with Crippen molar-refractivity contribution in [3.63, 3.8) is 0 Å². The summed E-state index contributed by atoms with van der Waals surface area (Å²) in [5.74, 6) is -0.653. The maximum absolute atomic E-state index is 12.6. The molecule has 2 amide bonds. The molecule has 0 fully saturated rings. The quantitative estimate of drug-likeness (QED) is 0.673. The third-order valence-electron chi connectivity index (χ3n) is 4.38. The van der Waals surface area contributed by atoms with Gasteiger partial charge in [0.15, 0.2) is 0 Å². The average molecular weight is 393 g/mol. The Labute approximate surface area is 168 Å². The minimum absolute atomic E-state index is 0.107. The zero-order valence-electron chi connectivity index (χ0n) is 16.5. The van der Waals surface area contributed by atoms with Crippen molar-refractivity contribution in [2.45, 2.75) is 33.4 Å². The Balaban J connectivity index is 1.71. The molecule has 1 aromatic carbocycles. The van der Waals surface area contributed by atoms with Gasteiger partial charge in [-0.3, -0.25) is 19.1 Å². The van der Waals surface area contributed by atoms with E-state index in [1.165, 1.54) is 10.6 Å². The van der Waals surface area contributed by atoms with Crippen LogP contribution in [-0.2, 0) is 11.3 Å². The van der Waals surface area contributed by atoms with Crippen LogP contribution in [0, 0.1) is 6.92 Å². The summed E-state index contributed by atoms with van der Waals surface area (Å²) in [6, 6.07) is 9.96. The van der Waals surface area contributed by atoms with Crippen LogP contribution in [0.5, 0.6) is 0 Å². The Kier molecular flexibility index (Phi) is 5.92. The molecule has 0 bridgehead atoms. The van der Waals surface area contributed by atoms with Gasteiger partial charge < -0.3 is 15.2 Å². The molecule has 0 aliphatic heterocycles. The molecule has 8 heteroatoms. The van der Waals surface area contributed by atoms with Gasteiger partial charge in [0.25, 0.3) is 11.5 Å². The predicted molar refractivity (Wildman–Crippen MR) is 111 cm³/mol. The molecule has 2 N–H and O–H groups in total. The largest absolute Gasteiger partial charge is 0.324 e. The highest BCUT2D eigenvalue weighted by Gasteiger charge is 2.12. The first-order chi connectivity index (χ1) is 13.8. The highest BCUT2D eigenvalue weighted by atomic mass is 16.2. The van der Waals surface area contributed by atoms with Crippen LogP contribution in [0.2, 0.25) is 0 Å². The predicted octanol–water partition coefficient (Wildman–Crippen LogP) is 2.83. The zero-order chi connectivity index (χ0) is 21.0. The fourth-order valence-electron chi connectivity index (χ4n) is 2.72. The van der Waals surface area contributed by atoms with E-state index in [2.05, 4.69) is 15.7 Å². The fraction of sp³-hybridized carbons (Fsp3) is 0.238. The van der Waals surface area contributed by atoms with Crippen molar-refractivity contribution in [1.29, 1.82) is 0 Å². The molecule has 0 atom stereocenters. The third kappa shape index (κ3) is 4.98. The summed E-state index contributed by atoms with van der Waals surface area (Å²) >= 11 is 0. The number of carbonyl (C=O) groups excluding carboxylic acids is 2. The summed E-state index contributed by atoms with van der Waals surface area (Å²) in [5, 5.41) is 9.77. The van der Waals surface area contributed by atoms with Crippen molar-refractivity contribution in [3.8, 4) is 0 Å². The van der Waals surface area contributed by atoms with Gasteiger partial charge in [-0.25, -0.2) is 0 Å². The van der Waals surface area contributed by atoms with E-state index >= 15 is 0 Å². The number of amides is 2. The van der Waals surface area contributed by atoms with Crippen molar-refractivity contribution in [2.24, 2.45) is 0 Å². The number of benzene rings is 1. The molecule has 29 heavy (non-hydrogen) atoms. The molecule has 2 heterocycles. The van der Waals surface area contributed by atoms with Crippen molar-refractivity contribution in [3.05, 3.63) is 76.5 Å². The van der Waals surface area contributed by atoms with E-state index in [1.807, 2.05) is 20.8 Å². The normalized spacial score (nSPS) is 10.8. The lowest BCUT2D eigenvalue weighted by Crippen LogP contribution is -2.26. The number of nitrogens with one attached hydrogen (secondary N) is 2. The summed E-state index contributed by atoms with van der Waals surface area (Å²) in [6.45, 7) is 5.72. The van der Waals surface area contributed by atoms with Crippen LogP contribution >= 0.6 is 0 Å². The first kappa shape index (κ1) is 20.1. The number of hydrogen-bond donors (Lipinski definition) is 2. The third-order valence-corrected chi connectivity index (χ3v) is 4.38. The van der Waals surface area contributed by atoms with Crippen LogP contribution in [0.3, 0.4) is 0 Å². The molecule has 0 saturated heterocycles. The first-order valence-corrected chi connectivity index (χ1v) is 9.25. The van der Waals surface area contributed by atoms with E-state index in [9.17, 15) is 14.4 Å². The number of aryl methyl sites for hydroxylation is 1. The maximum atomic E-state index is 12.6. The number of hydrogen-bond acceptors (Lipinski definition) is 4. The van der Waals surface area contributed by atoms with Gasteiger partial charge in [-0.1, -0.05) is 12.1 Å². The van der Waals surface area contributed by atoms with Crippen LogP contribution < -0.4 is 16.2 Å². The van der Waals surface area contributed by atoms with Gasteiger partial charge in [0, 0.05) is 35.8 Å². The lowest BCUT2D eigenvalue weighted by Gasteiger charge is -2.11. The molecule has 3 rings (SSSR count). The molecular formula is C21H23N5O3. The summed E-state index contributed by atoms with van der Waals surface area (Å²) < 4.78 is 3.07. The Morgan fingerprint density at radius 1 is 1.14 bits per heavy atom. The average Bonchev–Trinajstić information content (AvgIpc) is 3.14. The van der Waals surface area contributed by atoms with E-state index in [-0.39, 0.29) is 30.0 Å². The molecule has 8 nitrogen and oxygen atoms in total. The van der Waals surface area contributed by atoms with Crippen LogP contribution in [0.15, 0.2) is 59.8 Å². The van der Waals surface area contributed by atoms with E-state index in [1.54, 1.807) is 53.6 Å². The van der Waals surface area contributed by atoms with Crippen molar-refractivity contribution < 1.29 is 9.59 Å². The molecule has 0 saturated carbocycles. The van der Waals surface area contributed by atoms with Gasteiger partial charge in [-0.15, -0.1) is 0 Å². The standard InChI is InChI=1S/C21H23N5O3/c1-14(2)26-12-17(11-22-26)23-21(29)16-8-7-15(3)18(10-16)24-19(27)13-25-9-5-4-6-20(25)28/h4-12,14H,13H2,1-3H3,(H,23,29)(H,24,27). The summed E-state index contributed by atoms with van der Waals surface area (Å²) in [7, 11) is 0. The van der Waals surface area contributed by atoms with E-state index < -0.39 is 0 Å². The van der Waals surface area contributed by atoms with Gasteiger partial charge in [0.05, 0.1) is 11.9 Å². The van der Waals surface area contributed by atoms with Crippen LogP contribution in [0.25, 0.3) is 0 Å². The first-order valence-electron chi connectivity index (χ1n) is 9.25. The second kappa shape index (κ2) is 8.55. The zero-order valence-corrected chi connectivity index (χ0v) is 16.5. The molecular weight excluding hydrogens is 370 g/mol. The Hall–Kier alpha value is -3.68. The minimum atomic E-state index is -0.350. The molecule has 0 aliphatic carbocycles. The fourth-order valence-corrected chi connectivity index (χ4v) is 2.72. The number of pyridine rings is 1. The van der Waals surface area contributed by atoms with Crippen LogP contribution in [0.1, 0.15) is 35.8 Å². The number of anilines is 2. The van der Waals surface area contributed by atoms with Crippen molar-refractivity contribution >= 4 is 23.2 Å². The van der Waals surface area contributed by atoms with E-state index in [0.717, 1.165) is 5.56 Å². The number of rotatable bonds is 6. The smallest absolute Gasteiger partial charge is 0.255 e. The number of carbonyl (C=O) groups is 2. The topological polar surface area (TPSA) is 98.0 Å². The van der Waals surface area contributed by atoms with Gasteiger partial charge in [-0.05, 0) is 44.5 Å². The summed E-state index contributed by atoms with van der Waals surface area (Å²) in [6.07, 6.45) is 4.90. The van der Waals surface area contributed by atoms with Gasteiger partial charge in [-0.2, -0.15) is 5.10 Å². The SMILES string of the molecule is Cc1ccc(C(=O)Nc2cnn(C(C)C)c2)cc1NC(=O)Cn1ccccc1=O. The van der Waals surface area contributed by atoms with Crippen LogP contribution in [-0.4, -0.2) is 26.2 Å². The molecule has 150 valence electrons. The van der Waals surface area contributed by atoms with E-state index in [0.29, 0.717) is 16.9 Å². The van der Waals surface area contributed by atoms with Gasteiger partial charge in [0.2, 0.25) is 5.91 Å². The van der Waals surface area contributed by atoms with Crippen molar-refractivity contribution in [1.82, 2.24) is 14.3 Å². The highest BCUT2D eigenvalue weighted by molar-refractivity contribution is 6.05. The molecule has 0 spiro atoms. The lowest BCUT2D eigenvalue weighted by molar-refractivity contribution is -0.116. The maximum Gasteiger partial charge on any atom is 0.255 e. The monoisotopic (exact) mass is 393 g/mol. The minimum Gasteiger partial charge on any atom is -0.324 e. The van der Waals surface area contributed by atoms with Crippen LogP contribution in [0.4, 0.5) is 11.4 Å². The second-order valence-corrected chi connectivity index (χ2v) is 7.00. The summed E-state index contributed by atoms with van der Waals surface area (Å²) in [5.41, 5.74) is 2.07. The highest BCUT2D eigenvalue weighted by Crippen LogP contribution is 2.19. The van der Waals surface area contributed by atoms with Crippen molar-refractivity contribution in [2.75, 3.05) is 10.6 Å². The second-order valence-electron chi connectivity index (χ2n) is 7.00. The molecule has 0 radical (unpaired) electrons. The Bertz CT molecular complexity index is 1100. The molecule has 2 aromatic heterocycles. The Morgan fingerprint density at radius 2 is 1.93 bits per heavy atom. The van der Waals surface area contributed by atoms with E-state index in [4.69, 9.17) is 0 Å². The molecule has 0 unspecified atom stereocenters. The summed E-state index contributed by atoms with van der Waals surface area (Å²) in [4.78, 5) is 36.7. The van der Waals surface area contributed by atoms with Gasteiger partial charge >= 0.3 is 0 Å².